The topological polar surface area (TPSA) is 29.1 Å². The molecular weight excluding hydrogens is 210 g/mol. The molecule has 1 amide bonds. The SMILES string of the molecule is CCC(=O)NC(C)c1ccc2c(c1)CCCC2. The molecular formula is C15H21NO. The normalized spacial score (nSPS) is 16.1. The minimum Gasteiger partial charge on any atom is -0.350 e. The van der Waals surface area contributed by atoms with E-state index in [0.717, 1.165) is 0 Å². The molecule has 1 aromatic carbocycles. The lowest BCUT2D eigenvalue weighted by Crippen LogP contribution is -2.25. The van der Waals surface area contributed by atoms with Crippen molar-refractivity contribution in [3.05, 3.63) is 34.9 Å². The van der Waals surface area contributed by atoms with Gasteiger partial charge in [0.1, 0.15) is 0 Å². The molecule has 1 aliphatic carbocycles. The maximum atomic E-state index is 11.4. The van der Waals surface area contributed by atoms with E-state index in [0.29, 0.717) is 6.42 Å². The molecule has 1 aromatic rings. The summed E-state index contributed by atoms with van der Waals surface area (Å²) in [4.78, 5) is 11.4. The minimum atomic E-state index is 0.120. The summed E-state index contributed by atoms with van der Waals surface area (Å²) in [6.45, 7) is 3.94. The van der Waals surface area contributed by atoms with Crippen molar-refractivity contribution in [3.63, 3.8) is 0 Å². The van der Waals surface area contributed by atoms with Gasteiger partial charge in [0.15, 0.2) is 0 Å². The molecule has 0 bridgehead atoms. The zero-order valence-corrected chi connectivity index (χ0v) is 10.8. The Morgan fingerprint density at radius 1 is 1.29 bits per heavy atom. The second-order valence-corrected chi connectivity index (χ2v) is 4.88. The molecule has 1 aliphatic rings. The van der Waals surface area contributed by atoms with E-state index in [1.54, 1.807) is 0 Å². The van der Waals surface area contributed by atoms with Crippen molar-refractivity contribution in [2.75, 3.05) is 0 Å². The number of amides is 1. The van der Waals surface area contributed by atoms with Crippen LogP contribution in [0.3, 0.4) is 0 Å². The lowest BCUT2D eigenvalue weighted by molar-refractivity contribution is -0.121. The average molecular weight is 231 g/mol. The molecule has 0 fully saturated rings. The predicted octanol–water partition coefficient (Wildman–Crippen LogP) is 3.15. The molecule has 0 spiro atoms. The molecule has 17 heavy (non-hydrogen) atoms. The van der Waals surface area contributed by atoms with Crippen molar-refractivity contribution in [1.29, 1.82) is 0 Å². The summed E-state index contributed by atoms with van der Waals surface area (Å²) >= 11 is 0. The molecule has 92 valence electrons. The number of carbonyl (C=O) groups excluding carboxylic acids is 1. The second-order valence-electron chi connectivity index (χ2n) is 4.88. The maximum absolute atomic E-state index is 11.4. The van der Waals surface area contributed by atoms with E-state index < -0.39 is 0 Å². The van der Waals surface area contributed by atoms with Crippen LogP contribution in [-0.4, -0.2) is 5.91 Å². The highest BCUT2D eigenvalue weighted by Crippen LogP contribution is 2.24. The van der Waals surface area contributed by atoms with Crippen LogP contribution >= 0.6 is 0 Å². The molecule has 0 saturated carbocycles. The van der Waals surface area contributed by atoms with Crippen LogP contribution in [0, 0.1) is 0 Å². The Hall–Kier alpha value is -1.31. The Balaban J connectivity index is 2.13. The van der Waals surface area contributed by atoms with Gasteiger partial charge in [-0.05, 0) is 49.3 Å². The van der Waals surface area contributed by atoms with Crippen LogP contribution in [0.25, 0.3) is 0 Å². The van der Waals surface area contributed by atoms with Gasteiger partial charge in [0.25, 0.3) is 0 Å². The summed E-state index contributed by atoms with van der Waals surface area (Å²) in [5.74, 6) is 0.121. The van der Waals surface area contributed by atoms with Crippen LogP contribution in [0.4, 0.5) is 0 Å². The molecule has 0 heterocycles. The maximum Gasteiger partial charge on any atom is 0.220 e. The van der Waals surface area contributed by atoms with Crippen LogP contribution in [0.1, 0.15) is 55.8 Å². The summed E-state index contributed by atoms with van der Waals surface area (Å²) < 4.78 is 0. The Kier molecular flexibility index (Phi) is 3.82. The molecule has 1 unspecified atom stereocenters. The summed E-state index contributed by atoms with van der Waals surface area (Å²) in [5.41, 5.74) is 4.20. The predicted molar refractivity (Wildman–Crippen MR) is 69.9 cm³/mol. The van der Waals surface area contributed by atoms with Crippen molar-refractivity contribution in [2.24, 2.45) is 0 Å². The van der Waals surface area contributed by atoms with Gasteiger partial charge in [-0.1, -0.05) is 25.1 Å². The molecule has 2 nitrogen and oxygen atoms in total. The number of carbonyl (C=O) groups is 1. The van der Waals surface area contributed by atoms with Crippen molar-refractivity contribution in [1.82, 2.24) is 5.32 Å². The second kappa shape index (κ2) is 5.35. The first-order chi connectivity index (χ1) is 8.20. The van der Waals surface area contributed by atoms with E-state index in [9.17, 15) is 4.79 Å². The monoisotopic (exact) mass is 231 g/mol. The van der Waals surface area contributed by atoms with Gasteiger partial charge < -0.3 is 5.32 Å². The van der Waals surface area contributed by atoms with Gasteiger partial charge in [-0.15, -0.1) is 0 Å². The standard InChI is InChI=1S/C15H21NO/c1-3-15(17)16-11(2)13-9-8-12-6-4-5-7-14(12)10-13/h8-11H,3-7H2,1-2H3,(H,16,17). The van der Waals surface area contributed by atoms with E-state index in [1.165, 1.54) is 42.4 Å². The van der Waals surface area contributed by atoms with Gasteiger partial charge in [-0.3, -0.25) is 4.79 Å². The Labute approximate surface area is 103 Å². The lowest BCUT2D eigenvalue weighted by atomic mass is 9.89. The molecule has 0 aliphatic heterocycles. The van der Waals surface area contributed by atoms with Gasteiger partial charge in [0.05, 0.1) is 6.04 Å². The summed E-state index contributed by atoms with van der Waals surface area (Å²) in [6, 6.07) is 6.79. The number of hydrogen-bond acceptors (Lipinski definition) is 1. The highest BCUT2D eigenvalue weighted by Gasteiger charge is 2.13. The van der Waals surface area contributed by atoms with E-state index in [4.69, 9.17) is 0 Å². The third-order valence-corrected chi connectivity index (χ3v) is 3.57. The first-order valence-electron chi connectivity index (χ1n) is 6.61. The molecule has 0 aromatic heterocycles. The zero-order chi connectivity index (χ0) is 12.3. The van der Waals surface area contributed by atoms with Crippen LogP contribution in [0.2, 0.25) is 0 Å². The number of benzene rings is 1. The van der Waals surface area contributed by atoms with E-state index in [2.05, 4.69) is 30.4 Å². The Bertz CT molecular complexity index is 411. The van der Waals surface area contributed by atoms with Gasteiger partial charge >= 0.3 is 0 Å². The van der Waals surface area contributed by atoms with Crippen molar-refractivity contribution in [3.8, 4) is 0 Å². The highest BCUT2D eigenvalue weighted by molar-refractivity contribution is 5.76. The first-order valence-corrected chi connectivity index (χ1v) is 6.61. The highest BCUT2D eigenvalue weighted by atomic mass is 16.1. The number of rotatable bonds is 3. The number of hydrogen-bond donors (Lipinski definition) is 1. The van der Waals surface area contributed by atoms with Crippen molar-refractivity contribution in [2.45, 2.75) is 52.0 Å². The van der Waals surface area contributed by atoms with Gasteiger partial charge in [0, 0.05) is 6.42 Å². The number of aryl methyl sites for hydroxylation is 2. The minimum absolute atomic E-state index is 0.120. The lowest BCUT2D eigenvalue weighted by Gasteiger charge is -2.19. The fourth-order valence-electron chi connectivity index (χ4n) is 2.45. The third-order valence-electron chi connectivity index (χ3n) is 3.57. The smallest absolute Gasteiger partial charge is 0.220 e. The number of fused-ring (bicyclic) bond motifs is 1. The largest absolute Gasteiger partial charge is 0.350 e. The fourth-order valence-corrected chi connectivity index (χ4v) is 2.45. The van der Waals surface area contributed by atoms with Gasteiger partial charge in [-0.25, -0.2) is 0 Å². The van der Waals surface area contributed by atoms with E-state index in [-0.39, 0.29) is 11.9 Å². The van der Waals surface area contributed by atoms with Crippen LogP contribution < -0.4 is 5.32 Å². The molecule has 2 rings (SSSR count). The summed E-state index contributed by atoms with van der Waals surface area (Å²) in [7, 11) is 0. The average Bonchev–Trinajstić information content (AvgIpc) is 2.38. The van der Waals surface area contributed by atoms with Crippen LogP contribution in [-0.2, 0) is 17.6 Å². The van der Waals surface area contributed by atoms with Gasteiger partial charge in [0.2, 0.25) is 5.91 Å². The fraction of sp³-hybridized carbons (Fsp3) is 0.533. The molecule has 1 atom stereocenters. The van der Waals surface area contributed by atoms with E-state index in [1.807, 2.05) is 6.92 Å². The molecule has 1 N–H and O–H groups in total. The zero-order valence-electron chi connectivity index (χ0n) is 10.8. The van der Waals surface area contributed by atoms with Crippen molar-refractivity contribution < 1.29 is 4.79 Å². The van der Waals surface area contributed by atoms with Crippen LogP contribution in [0.5, 0.6) is 0 Å². The quantitative estimate of drug-likeness (QED) is 0.850. The summed E-state index contributed by atoms with van der Waals surface area (Å²) in [6.07, 6.45) is 5.57. The molecule has 0 saturated heterocycles. The van der Waals surface area contributed by atoms with Gasteiger partial charge in [-0.2, -0.15) is 0 Å². The summed E-state index contributed by atoms with van der Waals surface area (Å²) in [5, 5.41) is 3.01. The molecule has 2 heteroatoms. The van der Waals surface area contributed by atoms with Crippen LogP contribution in [0.15, 0.2) is 18.2 Å². The molecule has 0 radical (unpaired) electrons. The third kappa shape index (κ3) is 2.87. The first kappa shape index (κ1) is 12.2. The number of nitrogens with one attached hydrogen (secondary N) is 1. The van der Waals surface area contributed by atoms with Crippen molar-refractivity contribution >= 4 is 5.91 Å². The Morgan fingerprint density at radius 3 is 2.71 bits per heavy atom. The van der Waals surface area contributed by atoms with E-state index >= 15 is 0 Å². The Morgan fingerprint density at radius 2 is 2.00 bits per heavy atom.